The first-order valence-corrected chi connectivity index (χ1v) is 8.24. The van der Waals surface area contributed by atoms with Gasteiger partial charge in [-0.25, -0.2) is 19.2 Å². The smallest absolute Gasteiger partial charge is 0.404 e. The Morgan fingerprint density at radius 1 is 1.36 bits per heavy atom. The Kier molecular flexibility index (Phi) is 5.28. The van der Waals surface area contributed by atoms with E-state index in [1.807, 2.05) is 0 Å². The second-order valence-electron chi connectivity index (χ2n) is 6.10. The predicted octanol–water partition coefficient (Wildman–Crippen LogP) is 2.27. The summed E-state index contributed by atoms with van der Waals surface area (Å²) in [6.07, 6.45) is 3.80. The van der Waals surface area contributed by atoms with Gasteiger partial charge in [-0.05, 0) is 37.8 Å². The second-order valence-corrected chi connectivity index (χ2v) is 6.10. The quantitative estimate of drug-likeness (QED) is 0.860. The third-order valence-electron chi connectivity index (χ3n) is 4.47. The number of hydrogen-bond donors (Lipinski definition) is 2. The Morgan fingerprint density at radius 3 is 2.80 bits per heavy atom. The number of amides is 1. The van der Waals surface area contributed by atoms with Gasteiger partial charge in [0.25, 0.3) is 0 Å². The standard InChI is InChI=1S/C17H21FN4O3/c1-24-15-9-21-14-7-6-13(18)12(16(14)22-15)8-20-10-2-4-11(5-3-10)25-17(19)23/h6-7,9-11,20H,2-5,8H2,1H3,(H2,19,23)/t10-,11-. The van der Waals surface area contributed by atoms with Crippen LogP contribution in [0.4, 0.5) is 9.18 Å². The van der Waals surface area contributed by atoms with E-state index in [-0.39, 0.29) is 18.0 Å². The van der Waals surface area contributed by atoms with Crippen LogP contribution in [0.25, 0.3) is 11.0 Å². The molecule has 7 nitrogen and oxygen atoms in total. The monoisotopic (exact) mass is 348 g/mol. The molecule has 1 aromatic heterocycles. The van der Waals surface area contributed by atoms with Gasteiger partial charge in [0.15, 0.2) is 0 Å². The molecule has 2 aromatic rings. The molecule has 25 heavy (non-hydrogen) atoms. The summed E-state index contributed by atoms with van der Waals surface area (Å²) >= 11 is 0. The molecule has 1 amide bonds. The largest absolute Gasteiger partial charge is 0.480 e. The van der Waals surface area contributed by atoms with Gasteiger partial charge in [0.1, 0.15) is 17.4 Å². The molecule has 0 saturated heterocycles. The van der Waals surface area contributed by atoms with Gasteiger partial charge in [-0.1, -0.05) is 0 Å². The van der Waals surface area contributed by atoms with Crippen molar-refractivity contribution in [3.63, 3.8) is 0 Å². The van der Waals surface area contributed by atoms with Crippen molar-refractivity contribution in [3.8, 4) is 5.88 Å². The van der Waals surface area contributed by atoms with Gasteiger partial charge in [-0.3, -0.25) is 0 Å². The highest BCUT2D eigenvalue weighted by molar-refractivity contribution is 5.78. The van der Waals surface area contributed by atoms with E-state index in [1.54, 1.807) is 6.07 Å². The molecule has 1 fully saturated rings. The molecule has 0 spiro atoms. The van der Waals surface area contributed by atoms with E-state index in [1.165, 1.54) is 19.4 Å². The average molecular weight is 348 g/mol. The van der Waals surface area contributed by atoms with Crippen molar-refractivity contribution in [3.05, 3.63) is 29.7 Å². The Balaban J connectivity index is 1.67. The van der Waals surface area contributed by atoms with Crippen LogP contribution in [0.3, 0.4) is 0 Å². The minimum Gasteiger partial charge on any atom is -0.480 e. The van der Waals surface area contributed by atoms with Crippen molar-refractivity contribution in [2.45, 2.75) is 44.4 Å². The summed E-state index contributed by atoms with van der Waals surface area (Å²) in [4.78, 5) is 19.4. The summed E-state index contributed by atoms with van der Waals surface area (Å²) in [5.41, 5.74) is 6.64. The maximum Gasteiger partial charge on any atom is 0.404 e. The molecular formula is C17H21FN4O3. The van der Waals surface area contributed by atoms with Gasteiger partial charge >= 0.3 is 6.09 Å². The molecular weight excluding hydrogens is 327 g/mol. The summed E-state index contributed by atoms with van der Waals surface area (Å²) < 4.78 is 24.4. The van der Waals surface area contributed by atoms with Crippen LogP contribution < -0.4 is 15.8 Å². The van der Waals surface area contributed by atoms with Crippen LogP contribution in [-0.2, 0) is 11.3 Å². The minimum absolute atomic E-state index is 0.125. The van der Waals surface area contributed by atoms with Gasteiger partial charge < -0.3 is 20.5 Å². The Morgan fingerprint density at radius 2 is 2.12 bits per heavy atom. The lowest BCUT2D eigenvalue weighted by atomic mass is 9.93. The zero-order valence-corrected chi connectivity index (χ0v) is 14.0. The Hall–Kier alpha value is -2.48. The lowest BCUT2D eigenvalue weighted by Gasteiger charge is -2.28. The van der Waals surface area contributed by atoms with E-state index < -0.39 is 6.09 Å². The van der Waals surface area contributed by atoms with Gasteiger partial charge in [-0.15, -0.1) is 0 Å². The topological polar surface area (TPSA) is 99.4 Å². The number of carbonyl (C=O) groups excluding carboxylic acids is 1. The Bertz CT molecular complexity index is 763. The third-order valence-corrected chi connectivity index (χ3v) is 4.47. The fraction of sp³-hybridized carbons (Fsp3) is 0.471. The maximum absolute atomic E-state index is 14.3. The van der Waals surface area contributed by atoms with Crippen molar-refractivity contribution in [2.24, 2.45) is 5.73 Å². The van der Waals surface area contributed by atoms with E-state index in [4.69, 9.17) is 15.2 Å². The molecule has 0 atom stereocenters. The average Bonchev–Trinajstić information content (AvgIpc) is 2.61. The highest BCUT2D eigenvalue weighted by Crippen LogP contribution is 2.24. The number of rotatable bonds is 5. The van der Waals surface area contributed by atoms with E-state index in [9.17, 15) is 9.18 Å². The first kappa shape index (κ1) is 17.3. The molecule has 1 aliphatic carbocycles. The summed E-state index contributed by atoms with van der Waals surface area (Å²) in [5, 5.41) is 3.36. The number of nitrogens with one attached hydrogen (secondary N) is 1. The van der Waals surface area contributed by atoms with Crippen LogP contribution in [0.2, 0.25) is 0 Å². The van der Waals surface area contributed by atoms with E-state index in [2.05, 4.69) is 15.3 Å². The number of nitrogens with zero attached hydrogens (tertiary/aromatic N) is 2. The van der Waals surface area contributed by atoms with E-state index >= 15 is 0 Å². The Labute approximate surface area is 144 Å². The zero-order valence-electron chi connectivity index (χ0n) is 14.0. The number of halogens is 1. The van der Waals surface area contributed by atoms with Gasteiger partial charge in [0, 0.05) is 18.2 Å². The lowest BCUT2D eigenvalue weighted by molar-refractivity contribution is 0.0756. The molecule has 3 rings (SSSR count). The summed E-state index contributed by atoms with van der Waals surface area (Å²) in [6.45, 7) is 0.344. The first-order valence-electron chi connectivity index (χ1n) is 8.24. The number of methoxy groups -OCH3 is 1. The number of carbonyl (C=O) groups is 1. The summed E-state index contributed by atoms with van der Waals surface area (Å²) in [5.74, 6) is 0.0248. The molecule has 134 valence electrons. The number of ether oxygens (including phenoxy) is 2. The summed E-state index contributed by atoms with van der Waals surface area (Å²) in [7, 11) is 1.50. The van der Waals surface area contributed by atoms with E-state index in [0.717, 1.165) is 25.7 Å². The number of nitrogens with two attached hydrogens (primary N) is 1. The van der Waals surface area contributed by atoms with Crippen molar-refractivity contribution >= 4 is 17.1 Å². The first-order chi connectivity index (χ1) is 12.1. The van der Waals surface area contributed by atoms with Crippen LogP contribution in [0.5, 0.6) is 5.88 Å². The minimum atomic E-state index is -0.734. The van der Waals surface area contributed by atoms with Crippen LogP contribution in [0.1, 0.15) is 31.2 Å². The number of fused-ring (bicyclic) bond motifs is 1. The van der Waals surface area contributed by atoms with Crippen molar-refractivity contribution in [2.75, 3.05) is 7.11 Å². The molecule has 1 aromatic carbocycles. The molecule has 0 bridgehead atoms. The highest BCUT2D eigenvalue weighted by atomic mass is 19.1. The van der Waals surface area contributed by atoms with Gasteiger partial charge in [0.2, 0.25) is 5.88 Å². The number of aromatic nitrogens is 2. The van der Waals surface area contributed by atoms with E-state index in [0.29, 0.717) is 29.0 Å². The summed E-state index contributed by atoms with van der Waals surface area (Å²) in [6, 6.07) is 3.23. The fourth-order valence-corrected chi connectivity index (χ4v) is 3.15. The van der Waals surface area contributed by atoms with Gasteiger partial charge in [-0.2, -0.15) is 0 Å². The highest BCUT2D eigenvalue weighted by Gasteiger charge is 2.23. The molecule has 0 unspecified atom stereocenters. The van der Waals surface area contributed by atoms with Gasteiger partial charge in [0.05, 0.1) is 18.8 Å². The molecule has 1 heterocycles. The molecule has 8 heteroatoms. The maximum atomic E-state index is 14.3. The van der Waals surface area contributed by atoms with Crippen LogP contribution >= 0.6 is 0 Å². The molecule has 3 N–H and O–H groups in total. The second kappa shape index (κ2) is 7.60. The normalized spacial score (nSPS) is 20.4. The predicted molar refractivity (Wildman–Crippen MR) is 89.6 cm³/mol. The fourth-order valence-electron chi connectivity index (χ4n) is 3.15. The van der Waals surface area contributed by atoms with Crippen molar-refractivity contribution in [1.29, 1.82) is 0 Å². The van der Waals surface area contributed by atoms with Crippen molar-refractivity contribution in [1.82, 2.24) is 15.3 Å². The number of benzene rings is 1. The third kappa shape index (κ3) is 4.14. The van der Waals surface area contributed by atoms with Crippen LogP contribution in [0, 0.1) is 5.82 Å². The number of primary amides is 1. The molecule has 1 aliphatic rings. The number of hydrogen-bond acceptors (Lipinski definition) is 6. The zero-order chi connectivity index (χ0) is 17.8. The molecule has 0 radical (unpaired) electrons. The van der Waals surface area contributed by atoms with Crippen LogP contribution in [-0.4, -0.2) is 35.3 Å². The molecule has 0 aliphatic heterocycles. The molecule has 1 saturated carbocycles. The SMILES string of the molecule is COc1cnc2ccc(F)c(CN[C@H]3CC[C@H](OC(N)=O)CC3)c2n1. The van der Waals surface area contributed by atoms with Crippen LogP contribution in [0.15, 0.2) is 18.3 Å². The lowest BCUT2D eigenvalue weighted by Crippen LogP contribution is -2.36. The van der Waals surface area contributed by atoms with Crippen molar-refractivity contribution < 1.29 is 18.7 Å².